The van der Waals surface area contributed by atoms with Gasteiger partial charge in [0.25, 0.3) is 0 Å². The number of nitrogens with one attached hydrogen (secondary N) is 1. The van der Waals surface area contributed by atoms with Gasteiger partial charge in [0.05, 0.1) is 9.82 Å². The monoisotopic (exact) mass is 316 g/mol. The van der Waals surface area contributed by atoms with Crippen molar-refractivity contribution in [1.82, 2.24) is 4.72 Å². The van der Waals surface area contributed by atoms with Crippen LogP contribution < -0.4 is 4.72 Å². The molecule has 1 unspecified atom stereocenters. The van der Waals surface area contributed by atoms with Crippen molar-refractivity contribution in [2.45, 2.75) is 44.6 Å². The molecule has 1 atom stereocenters. The second-order valence-corrected chi connectivity index (χ2v) is 7.12. The van der Waals surface area contributed by atoms with Gasteiger partial charge in [-0.3, -0.25) is 10.1 Å². The highest BCUT2D eigenvalue weighted by molar-refractivity contribution is 7.89. The van der Waals surface area contributed by atoms with Gasteiger partial charge < -0.3 is 5.11 Å². The maximum Gasteiger partial charge on any atom is 0.312 e. The van der Waals surface area contributed by atoms with E-state index in [0.717, 1.165) is 24.6 Å². The first-order valence-corrected chi connectivity index (χ1v) is 8.11. The van der Waals surface area contributed by atoms with Gasteiger partial charge in [0.1, 0.15) is 0 Å². The van der Waals surface area contributed by atoms with Crippen LogP contribution in [0.1, 0.15) is 33.6 Å². The van der Waals surface area contributed by atoms with Crippen LogP contribution in [0, 0.1) is 16.0 Å². The maximum absolute atomic E-state index is 12.2. The van der Waals surface area contributed by atoms with Gasteiger partial charge in [-0.05, 0) is 37.8 Å². The first-order valence-electron chi connectivity index (χ1n) is 6.63. The number of benzene rings is 1. The highest BCUT2D eigenvalue weighted by Gasteiger charge is 2.22. The summed E-state index contributed by atoms with van der Waals surface area (Å²) >= 11 is 0. The van der Waals surface area contributed by atoms with E-state index in [4.69, 9.17) is 0 Å². The number of hydrogen-bond donors (Lipinski definition) is 2. The van der Waals surface area contributed by atoms with Crippen molar-refractivity contribution in [2.75, 3.05) is 0 Å². The summed E-state index contributed by atoms with van der Waals surface area (Å²) in [5.41, 5.74) is -0.632. The number of aromatic hydroxyl groups is 1. The zero-order valence-corrected chi connectivity index (χ0v) is 13.1. The first-order chi connectivity index (χ1) is 9.63. The quantitative estimate of drug-likeness (QED) is 0.593. The van der Waals surface area contributed by atoms with E-state index < -0.39 is 26.4 Å². The molecule has 1 aromatic rings. The molecule has 0 fully saturated rings. The van der Waals surface area contributed by atoms with E-state index in [1.54, 1.807) is 6.92 Å². The molecule has 0 radical (unpaired) electrons. The maximum atomic E-state index is 12.2. The molecule has 0 saturated carbocycles. The lowest BCUT2D eigenvalue weighted by atomic mass is 10.1. The van der Waals surface area contributed by atoms with Crippen molar-refractivity contribution in [1.29, 1.82) is 0 Å². The van der Waals surface area contributed by atoms with Gasteiger partial charge in [0.2, 0.25) is 10.0 Å². The number of rotatable bonds is 7. The average Bonchev–Trinajstić information content (AvgIpc) is 2.35. The van der Waals surface area contributed by atoms with Crippen LogP contribution in [0.4, 0.5) is 5.69 Å². The Labute approximate surface area is 124 Å². The molecule has 0 amide bonds. The molecule has 0 spiro atoms. The van der Waals surface area contributed by atoms with Crippen LogP contribution in [-0.4, -0.2) is 24.5 Å². The summed E-state index contributed by atoms with van der Waals surface area (Å²) in [5.74, 6) is -0.0986. The Bertz CT molecular complexity index is 613. The van der Waals surface area contributed by atoms with Gasteiger partial charge in [-0.25, -0.2) is 13.1 Å². The fraction of sp³-hybridized carbons (Fsp3) is 0.538. The summed E-state index contributed by atoms with van der Waals surface area (Å²) in [4.78, 5) is 9.68. The largest absolute Gasteiger partial charge is 0.502 e. The standard InChI is InChI=1S/C13H20N2O5S/c1-9(2)4-5-10(3)14-21(19,20)11-6-7-13(16)12(8-11)15(17)18/h6-10,14,16H,4-5H2,1-3H3. The summed E-state index contributed by atoms with van der Waals surface area (Å²) in [6.07, 6.45) is 1.55. The Morgan fingerprint density at radius 3 is 2.43 bits per heavy atom. The van der Waals surface area contributed by atoms with E-state index in [0.29, 0.717) is 12.3 Å². The van der Waals surface area contributed by atoms with Crippen LogP contribution in [0.5, 0.6) is 5.75 Å². The molecule has 1 rings (SSSR count). The predicted molar refractivity (Wildman–Crippen MR) is 78.6 cm³/mol. The van der Waals surface area contributed by atoms with Gasteiger partial charge in [-0.15, -0.1) is 0 Å². The summed E-state index contributed by atoms with van der Waals surface area (Å²) in [5, 5.41) is 20.1. The van der Waals surface area contributed by atoms with Crippen molar-refractivity contribution in [2.24, 2.45) is 5.92 Å². The number of nitrogens with zero attached hydrogens (tertiary/aromatic N) is 1. The molecule has 118 valence electrons. The topological polar surface area (TPSA) is 110 Å². The fourth-order valence-corrected chi connectivity index (χ4v) is 3.09. The van der Waals surface area contributed by atoms with Crippen LogP contribution >= 0.6 is 0 Å². The molecular formula is C13H20N2O5S. The highest BCUT2D eigenvalue weighted by atomic mass is 32.2. The molecule has 0 aliphatic carbocycles. The predicted octanol–water partition coefficient (Wildman–Crippen LogP) is 2.40. The molecule has 0 aliphatic heterocycles. The van der Waals surface area contributed by atoms with Crippen molar-refractivity contribution in [3.63, 3.8) is 0 Å². The molecule has 0 aromatic heterocycles. The van der Waals surface area contributed by atoms with Crippen molar-refractivity contribution < 1.29 is 18.4 Å². The van der Waals surface area contributed by atoms with Gasteiger partial charge >= 0.3 is 5.69 Å². The van der Waals surface area contributed by atoms with Crippen LogP contribution in [-0.2, 0) is 10.0 Å². The lowest BCUT2D eigenvalue weighted by Crippen LogP contribution is -2.32. The second-order valence-electron chi connectivity index (χ2n) is 5.40. The van der Waals surface area contributed by atoms with E-state index >= 15 is 0 Å². The third-order valence-electron chi connectivity index (χ3n) is 2.99. The number of nitro benzene ring substituents is 1. The number of phenolic OH excluding ortho intramolecular Hbond substituents is 1. The summed E-state index contributed by atoms with van der Waals surface area (Å²) < 4.78 is 26.8. The van der Waals surface area contributed by atoms with Gasteiger partial charge in [-0.1, -0.05) is 13.8 Å². The molecule has 2 N–H and O–H groups in total. The molecule has 0 saturated heterocycles. The van der Waals surface area contributed by atoms with Gasteiger partial charge in [0.15, 0.2) is 5.75 Å². The smallest absolute Gasteiger partial charge is 0.312 e. The lowest BCUT2D eigenvalue weighted by molar-refractivity contribution is -0.386. The Morgan fingerprint density at radius 1 is 1.29 bits per heavy atom. The first kappa shape index (κ1) is 17.4. The zero-order chi connectivity index (χ0) is 16.2. The lowest BCUT2D eigenvalue weighted by Gasteiger charge is -2.15. The summed E-state index contributed by atoms with van der Waals surface area (Å²) in [6.45, 7) is 5.84. The Hall–Kier alpha value is -1.67. The average molecular weight is 316 g/mol. The number of nitro groups is 1. The van der Waals surface area contributed by atoms with Crippen LogP contribution in [0.25, 0.3) is 0 Å². The molecule has 8 heteroatoms. The molecule has 21 heavy (non-hydrogen) atoms. The molecule has 0 aliphatic rings. The van der Waals surface area contributed by atoms with Crippen LogP contribution in [0.15, 0.2) is 23.1 Å². The minimum absolute atomic E-state index is 0.233. The third kappa shape index (κ3) is 4.98. The van der Waals surface area contributed by atoms with E-state index in [1.165, 1.54) is 0 Å². The third-order valence-corrected chi connectivity index (χ3v) is 4.57. The molecule has 0 heterocycles. The SMILES string of the molecule is CC(C)CCC(C)NS(=O)(=O)c1ccc(O)c([N+](=O)[O-])c1. The minimum atomic E-state index is -3.85. The van der Waals surface area contributed by atoms with Gasteiger partial charge in [-0.2, -0.15) is 0 Å². The summed E-state index contributed by atoms with van der Waals surface area (Å²) in [6, 6.07) is 2.73. The highest BCUT2D eigenvalue weighted by Crippen LogP contribution is 2.28. The van der Waals surface area contributed by atoms with E-state index in [1.807, 2.05) is 13.8 Å². The van der Waals surface area contributed by atoms with Crippen molar-refractivity contribution in [3.8, 4) is 5.75 Å². The van der Waals surface area contributed by atoms with Crippen molar-refractivity contribution >= 4 is 15.7 Å². The van der Waals surface area contributed by atoms with Crippen molar-refractivity contribution in [3.05, 3.63) is 28.3 Å². The Morgan fingerprint density at radius 2 is 1.90 bits per heavy atom. The minimum Gasteiger partial charge on any atom is -0.502 e. The molecule has 1 aromatic carbocycles. The molecule has 7 nitrogen and oxygen atoms in total. The number of phenols is 1. The van der Waals surface area contributed by atoms with Crippen LogP contribution in [0.2, 0.25) is 0 Å². The van der Waals surface area contributed by atoms with E-state index in [-0.39, 0.29) is 10.9 Å². The van der Waals surface area contributed by atoms with E-state index in [9.17, 15) is 23.6 Å². The normalized spacial score (nSPS) is 13.3. The summed E-state index contributed by atoms with van der Waals surface area (Å²) in [7, 11) is -3.85. The van der Waals surface area contributed by atoms with E-state index in [2.05, 4.69) is 4.72 Å². The second kappa shape index (κ2) is 6.86. The Kier molecular flexibility index (Phi) is 5.68. The van der Waals surface area contributed by atoms with Gasteiger partial charge in [0, 0.05) is 12.1 Å². The fourth-order valence-electron chi connectivity index (χ4n) is 1.79. The number of sulfonamides is 1. The zero-order valence-electron chi connectivity index (χ0n) is 12.2. The molecular weight excluding hydrogens is 296 g/mol. The Balaban J connectivity index is 2.93. The molecule has 0 bridgehead atoms. The van der Waals surface area contributed by atoms with Crippen LogP contribution in [0.3, 0.4) is 0 Å². The number of hydrogen-bond acceptors (Lipinski definition) is 5.